The first-order valence-corrected chi connectivity index (χ1v) is 11.6. The number of aromatic nitrogens is 3. The monoisotopic (exact) mass is 443 g/mol. The zero-order chi connectivity index (χ0) is 23.0. The Kier molecular flexibility index (Phi) is 4.31. The average molecular weight is 444 g/mol. The van der Waals surface area contributed by atoms with Crippen LogP contribution in [0.3, 0.4) is 0 Å². The van der Waals surface area contributed by atoms with Gasteiger partial charge in [-0.2, -0.15) is 0 Å². The predicted molar refractivity (Wildman–Crippen MR) is 125 cm³/mol. The van der Waals surface area contributed by atoms with Gasteiger partial charge in [0.05, 0.1) is 25.5 Å². The van der Waals surface area contributed by atoms with E-state index in [0.717, 1.165) is 53.8 Å². The molecule has 4 atom stereocenters. The molecule has 1 spiro atoms. The third kappa shape index (κ3) is 2.83. The highest BCUT2D eigenvalue weighted by Crippen LogP contribution is 2.72. The highest BCUT2D eigenvalue weighted by molar-refractivity contribution is 5.59. The summed E-state index contributed by atoms with van der Waals surface area (Å²) in [6, 6.07) is 11.7. The van der Waals surface area contributed by atoms with Crippen molar-refractivity contribution in [2.75, 3.05) is 7.11 Å². The van der Waals surface area contributed by atoms with E-state index >= 15 is 0 Å². The number of hydrogen-bond acceptors (Lipinski definition) is 5. The second-order valence-electron chi connectivity index (χ2n) is 10.1. The van der Waals surface area contributed by atoms with Gasteiger partial charge in [0.15, 0.2) is 0 Å². The molecule has 0 unspecified atom stereocenters. The predicted octanol–water partition coefficient (Wildman–Crippen LogP) is 4.71. The lowest BCUT2D eigenvalue weighted by Gasteiger charge is -2.42. The summed E-state index contributed by atoms with van der Waals surface area (Å²) in [7, 11) is 1.65. The van der Waals surface area contributed by atoms with Crippen molar-refractivity contribution in [1.82, 2.24) is 15.0 Å². The summed E-state index contributed by atoms with van der Waals surface area (Å²) in [5, 5.41) is 30.8. The molecule has 0 radical (unpaired) electrons. The highest BCUT2D eigenvalue weighted by Gasteiger charge is 2.64. The van der Waals surface area contributed by atoms with E-state index in [0.29, 0.717) is 18.2 Å². The lowest BCUT2D eigenvalue weighted by atomic mass is 9.63. The molecule has 2 bridgehead atoms. The van der Waals surface area contributed by atoms with Gasteiger partial charge in [0.2, 0.25) is 0 Å². The molecule has 33 heavy (non-hydrogen) atoms. The zero-order valence-corrected chi connectivity index (χ0v) is 19.1. The Hall–Kier alpha value is -3.12. The first-order valence-electron chi connectivity index (χ1n) is 11.6. The van der Waals surface area contributed by atoms with Crippen LogP contribution in [0.5, 0.6) is 11.5 Å². The highest BCUT2D eigenvalue weighted by atomic mass is 16.5. The first-order chi connectivity index (χ1) is 15.8. The Bertz CT molecular complexity index is 1260. The summed E-state index contributed by atoms with van der Waals surface area (Å²) in [5.41, 5.74) is 5.37. The fourth-order valence-corrected chi connectivity index (χ4v) is 6.96. The van der Waals surface area contributed by atoms with Gasteiger partial charge < -0.3 is 14.9 Å². The maximum atomic E-state index is 11.3. The van der Waals surface area contributed by atoms with Crippen molar-refractivity contribution in [3.8, 4) is 22.8 Å². The van der Waals surface area contributed by atoms with E-state index in [4.69, 9.17) is 4.74 Å². The Morgan fingerprint density at radius 2 is 2.00 bits per heavy atom. The number of phenols is 1. The normalized spacial score (nSPS) is 29.7. The van der Waals surface area contributed by atoms with Gasteiger partial charge in [0.25, 0.3) is 0 Å². The number of phenolic OH excluding ortho intramolecular Hbond substituents is 1. The average Bonchev–Trinajstić information content (AvgIpc) is 3.43. The summed E-state index contributed by atoms with van der Waals surface area (Å²) in [6.45, 7) is 6.94. The molecule has 1 aromatic heterocycles. The lowest BCUT2D eigenvalue weighted by Crippen LogP contribution is -2.39. The summed E-state index contributed by atoms with van der Waals surface area (Å²) in [6.07, 6.45) is 5.23. The molecule has 3 aliphatic carbocycles. The van der Waals surface area contributed by atoms with Crippen LogP contribution < -0.4 is 4.74 Å². The van der Waals surface area contributed by atoms with Crippen molar-refractivity contribution < 1.29 is 14.9 Å². The van der Waals surface area contributed by atoms with Crippen LogP contribution >= 0.6 is 0 Å². The van der Waals surface area contributed by atoms with E-state index < -0.39 is 5.60 Å². The fourth-order valence-electron chi connectivity index (χ4n) is 6.96. The summed E-state index contributed by atoms with van der Waals surface area (Å²) in [5.74, 6) is 1.63. The van der Waals surface area contributed by atoms with Gasteiger partial charge in [-0.3, -0.25) is 4.68 Å². The van der Waals surface area contributed by atoms with Gasteiger partial charge >= 0.3 is 0 Å². The first kappa shape index (κ1) is 20.5. The second kappa shape index (κ2) is 6.94. The molecule has 0 amide bonds. The van der Waals surface area contributed by atoms with E-state index in [9.17, 15) is 10.2 Å². The largest absolute Gasteiger partial charge is 0.508 e. The molecular formula is C27H29N3O3. The van der Waals surface area contributed by atoms with Crippen molar-refractivity contribution in [2.24, 2.45) is 5.41 Å². The molecule has 2 N–H and O–H groups in total. The van der Waals surface area contributed by atoms with E-state index in [2.05, 4.69) is 23.0 Å². The van der Waals surface area contributed by atoms with Crippen LogP contribution in [0.4, 0.5) is 0 Å². The minimum absolute atomic E-state index is 0.100. The van der Waals surface area contributed by atoms with E-state index in [1.165, 1.54) is 11.1 Å². The summed E-state index contributed by atoms with van der Waals surface area (Å²) in [4.78, 5) is 0. The molecule has 6 heteroatoms. The standard InChI is InChI=1S/C27H29N3O3/c1-16-12-26-15-27(16,32)11-10-21(26)20-8-9-24(31)17(2)25(20)22(26)13-30-14-23(28-29-30)18-4-6-19(33-3)7-5-18/h4-9,14,21-22,31-32H,1,10-13,15H2,2-3H3/t21-,22-,26-,27-/m0/s1. The van der Waals surface area contributed by atoms with E-state index in [1.54, 1.807) is 7.11 Å². The van der Waals surface area contributed by atoms with Gasteiger partial charge in [-0.05, 0) is 96.5 Å². The van der Waals surface area contributed by atoms with E-state index in [1.807, 2.05) is 48.1 Å². The molecule has 0 aliphatic heterocycles. The number of rotatable bonds is 4. The topological polar surface area (TPSA) is 80.4 Å². The van der Waals surface area contributed by atoms with Crippen LogP contribution in [0.1, 0.15) is 54.2 Å². The summed E-state index contributed by atoms with van der Waals surface area (Å²) >= 11 is 0. The number of hydrogen-bond donors (Lipinski definition) is 2. The van der Waals surface area contributed by atoms with Crippen LogP contribution in [0.2, 0.25) is 0 Å². The molecule has 170 valence electrons. The molecule has 6 rings (SSSR count). The van der Waals surface area contributed by atoms with Crippen molar-refractivity contribution in [2.45, 2.75) is 56.6 Å². The number of aromatic hydroxyl groups is 1. The minimum atomic E-state index is -0.774. The molecule has 3 aromatic rings. The zero-order valence-electron chi connectivity index (χ0n) is 19.1. The molecule has 2 aromatic carbocycles. The maximum Gasteiger partial charge on any atom is 0.118 e. The quantitative estimate of drug-likeness (QED) is 0.571. The lowest BCUT2D eigenvalue weighted by molar-refractivity contribution is 0.00370. The van der Waals surface area contributed by atoms with Gasteiger partial charge in [-0.25, -0.2) is 0 Å². The number of aliphatic hydroxyl groups is 1. The molecule has 1 heterocycles. The Balaban J connectivity index is 1.40. The molecule has 2 fully saturated rings. The third-order valence-electron chi connectivity index (χ3n) is 8.59. The Morgan fingerprint density at radius 1 is 1.21 bits per heavy atom. The van der Waals surface area contributed by atoms with Gasteiger partial charge in [-0.15, -0.1) is 5.10 Å². The minimum Gasteiger partial charge on any atom is -0.508 e. The molecule has 6 nitrogen and oxygen atoms in total. The number of nitrogens with zero attached hydrogens (tertiary/aromatic N) is 3. The number of fused-ring (bicyclic) bond motifs is 3. The summed E-state index contributed by atoms with van der Waals surface area (Å²) < 4.78 is 7.18. The van der Waals surface area contributed by atoms with Gasteiger partial charge in [-0.1, -0.05) is 17.9 Å². The van der Waals surface area contributed by atoms with Crippen LogP contribution in [0.25, 0.3) is 11.3 Å². The maximum absolute atomic E-state index is 11.3. The number of ether oxygens (including phenoxy) is 1. The SMILES string of the molecule is C=C1C[C@]23C[C@@]1(O)CC[C@H]2c1ccc(O)c(C)c1[C@@H]3Cn1cc(-c2ccc(OC)cc2)nn1. The third-order valence-corrected chi connectivity index (χ3v) is 8.59. The van der Waals surface area contributed by atoms with E-state index in [-0.39, 0.29) is 11.3 Å². The molecule has 0 saturated heterocycles. The van der Waals surface area contributed by atoms with Crippen LogP contribution in [0.15, 0.2) is 54.7 Å². The molecule has 3 aliphatic rings. The van der Waals surface area contributed by atoms with Gasteiger partial charge in [0.1, 0.15) is 17.2 Å². The smallest absolute Gasteiger partial charge is 0.118 e. The van der Waals surface area contributed by atoms with Gasteiger partial charge in [0, 0.05) is 11.5 Å². The van der Waals surface area contributed by atoms with Crippen molar-refractivity contribution in [1.29, 1.82) is 0 Å². The van der Waals surface area contributed by atoms with Crippen LogP contribution in [0, 0.1) is 12.3 Å². The van der Waals surface area contributed by atoms with Crippen molar-refractivity contribution in [3.63, 3.8) is 0 Å². The van der Waals surface area contributed by atoms with Crippen molar-refractivity contribution in [3.05, 3.63) is 71.4 Å². The second-order valence-corrected chi connectivity index (χ2v) is 10.1. The van der Waals surface area contributed by atoms with Crippen LogP contribution in [-0.2, 0) is 6.54 Å². The molecule has 2 saturated carbocycles. The fraction of sp³-hybridized carbons (Fsp3) is 0.407. The number of benzene rings is 2. The Morgan fingerprint density at radius 3 is 2.76 bits per heavy atom. The van der Waals surface area contributed by atoms with Crippen molar-refractivity contribution >= 4 is 0 Å². The number of methoxy groups -OCH3 is 1. The van der Waals surface area contributed by atoms with Crippen LogP contribution in [-0.4, -0.2) is 37.9 Å². The Labute approximate surface area is 193 Å². The molecular weight excluding hydrogens is 414 g/mol.